The molecule has 2 aromatic rings. The zero-order valence-electron chi connectivity index (χ0n) is 16.6. The maximum absolute atomic E-state index is 13.2. The molecule has 14 heteroatoms. The van der Waals surface area contributed by atoms with E-state index in [2.05, 4.69) is 20.6 Å². The van der Waals surface area contributed by atoms with Gasteiger partial charge >= 0.3 is 6.18 Å². The molecule has 1 saturated heterocycles. The van der Waals surface area contributed by atoms with Gasteiger partial charge in [-0.05, 0) is 24.3 Å². The van der Waals surface area contributed by atoms with Crippen LogP contribution in [0.5, 0.6) is 0 Å². The first-order valence-corrected chi connectivity index (χ1v) is 10.8. The number of benzene rings is 1. The Kier molecular flexibility index (Phi) is 7.16. The van der Waals surface area contributed by atoms with E-state index in [0.29, 0.717) is 25.1 Å². The number of morpholine rings is 1. The fourth-order valence-corrected chi connectivity index (χ4v) is 4.25. The van der Waals surface area contributed by atoms with Crippen LogP contribution in [0, 0.1) is 0 Å². The number of nitrogens with zero attached hydrogens (tertiary/aromatic N) is 3. The molecule has 174 valence electrons. The summed E-state index contributed by atoms with van der Waals surface area (Å²) in [5, 5.41) is 15.5. The molecule has 32 heavy (non-hydrogen) atoms. The Labute approximate surface area is 181 Å². The van der Waals surface area contributed by atoms with Crippen LogP contribution in [0.2, 0.25) is 0 Å². The van der Waals surface area contributed by atoms with E-state index in [1.54, 1.807) is 0 Å². The molecule has 2 N–H and O–H groups in total. The zero-order chi connectivity index (χ0) is 23.4. The van der Waals surface area contributed by atoms with Crippen LogP contribution in [0.25, 0.3) is 0 Å². The van der Waals surface area contributed by atoms with Crippen molar-refractivity contribution < 1.29 is 36.2 Å². The Morgan fingerprint density at radius 3 is 2.44 bits per heavy atom. The molecule has 0 saturated carbocycles. The minimum absolute atomic E-state index is 0.0583. The van der Waals surface area contributed by atoms with Gasteiger partial charge in [-0.2, -0.15) is 22.5 Å². The molecule has 0 unspecified atom stereocenters. The quantitative estimate of drug-likeness (QED) is 0.569. The molecule has 10 nitrogen and oxygen atoms in total. The van der Waals surface area contributed by atoms with E-state index in [4.69, 9.17) is 4.74 Å². The lowest BCUT2D eigenvalue weighted by Crippen LogP contribution is -2.40. The molecule has 0 aliphatic carbocycles. The van der Waals surface area contributed by atoms with Crippen molar-refractivity contribution in [2.75, 3.05) is 43.5 Å². The molecule has 0 atom stereocenters. The number of anilines is 3. The van der Waals surface area contributed by atoms with Gasteiger partial charge in [0.15, 0.2) is 0 Å². The van der Waals surface area contributed by atoms with Crippen LogP contribution in [0.1, 0.15) is 12.0 Å². The molecule has 0 bridgehead atoms. The number of hydrogen-bond acceptors (Lipinski definition) is 9. The van der Waals surface area contributed by atoms with Crippen LogP contribution in [0.4, 0.5) is 30.6 Å². The summed E-state index contributed by atoms with van der Waals surface area (Å²) >= 11 is 0. The highest BCUT2D eigenvalue weighted by atomic mass is 32.2. The summed E-state index contributed by atoms with van der Waals surface area (Å²) in [7, 11) is -3.69. The fourth-order valence-electron chi connectivity index (χ4n) is 2.84. The van der Waals surface area contributed by atoms with E-state index in [-0.39, 0.29) is 30.5 Å². The van der Waals surface area contributed by atoms with E-state index >= 15 is 0 Å². The Morgan fingerprint density at radius 1 is 1.19 bits per heavy atom. The molecular weight excluding hydrogens is 455 g/mol. The van der Waals surface area contributed by atoms with Crippen molar-refractivity contribution in [2.24, 2.45) is 0 Å². The van der Waals surface area contributed by atoms with Crippen LogP contribution in [0.3, 0.4) is 0 Å². The van der Waals surface area contributed by atoms with Gasteiger partial charge in [0, 0.05) is 43.9 Å². The fraction of sp³-hybridized carbons (Fsp3) is 0.389. The van der Waals surface area contributed by atoms with E-state index in [1.807, 2.05) is 0 Å². The molecule has 3 rings (SSSR count). The van der Waals surface area contributed by atoms with Crippen molar-refractivity contribution in [1.82, 2.24) is 14.3 Å². The molecule has 1 fully saturated rings. The number of ether oxygens (including phenoxy) is 1. The van der Waals surface area contributed by atoms with Gasteiger partial charge in [0.05, 0.1) is 18.1 Å². The molecule has 2 heterocycles. The van der Waals surface area contributed by atoms with Crippen molar-refractivity contribution in [3.05, 3.63) is 36.0 Å². The average Bonchev–Trinajstić information content (AvgIpc) is 2.74. The molecule has 1 aliphatic heterocycles. The van der Waals surface area contributed by atoms with Crippen LogP contribution in [0.15, 0.2) is 35.4 Å². The molecule has 0 radical (unpaired) electrons. The number of nitrogens with one attached hydrogen (secondary N) is 2. The van der Waals surface area contributed by atoms with Gasteiger partial charge in [-0.3, -0.25) is 0 Å². The first-order chi connectivity index (χ1) is 15.1. The maximum Gasteiger partial charge on any atom is 0.421 e. The van der Waals surface area contributed by atoms with Crippen molar-refractivity contribution in [1.29, 1.82) is 0 Å². The minimum atomic E-state index is -4.75. The van der Waals surface area contributed by atoms with Gasteiger partial charge in [0.2, 0.25) is 16.0 Å². The third-order valence-electron chi connectivity index (χ3n) is 4.43. The first kappa shape index (κ1) is 23.7. The number of rotatable bonds is 8. The number of carboxylic acid groups (broad SMARTS) is 1. The SMILES string of the molecule is O=C([O-])CCNc1nc(Nc2ccc(S(=O)(=O)N3CCOCC3)cc2)ncc1C(F)(F)F. The summed E-state index contributed by atoms with van der Waals surface area (Å²) in [6.45, 7) is 0.786. The Hall–Kier alpha value is -2.97. The maximum atomic E-state index is 13.2. The number of aromatic nitrogens is 2. The smallest absolute Gasteiger partial charge is 0.421 e. The van der Waals surface area contributed by atoms with Gasteiger partial charge in [-0.15, -0.1) is 0 Å². The molecule has 1 aromatic heterocycles. The van der Waals surface area contributed by atoms with Gasteiger partial charge in [0.25, 0.3) is 0 Å². The summed E-state index contributed by atoms with van der Waals surface area (Å²) < 4.78 is 71.2. The summed E-state index contributed by atoms with van der Waals surface area (Å²) in [5.41, 5.74) is -0.820. The van der Waals surface area contributed by atoms with E-state index in [0.717, 1.165) is 0 Å². The van der Waals surface area contributed by atoms with Crippen molar-refractivity contribution in [3.8, 4) is 0 Å². The molecule has 1 aromatic carbocycles. The minimum Gasteiger partial charge on any atom is -0.550 e. The average molecular weight is 474 g/mol. The number of sulfonamides is 1. The monoisotopic (exact) mass is 474 g/mol. The van der Waals surface area contributed by atoms with Crippen molar-refractivity contribution in [2.45, 2.75) is 17.5 Å². The number of alkyl halides is 3. The molecule has 0 amide bonds. The number of carbonyl (C=O) groups excluding carboxylic acids is 1. The predicted molar refractivity (Wildman–Crippen MR) is 104 cm³/mol. The molecule has 0 spiro atoms. The van der Waals surface area contributed by atoms with Gasteiger partial charge in [-0.1, -0.05) is 0 Å². The largest absolute Gasteiger partial charge is 0.550 e. The Balaban J connectivity index is 1.76. The Morgan fingerprint density at radius 2 is 1.84 bits per heavy atom. The second-order valence-corrected chi connectivity index (χ2v) is 8.61. The molecule has 1 aliphatic rings. The summed E-state index contributed by atoms with van der Waals surface area (Å²) in [6.07, 6.45) is -4.70. The third kappa shape index (κ3) is 5.83. The summed E-state index contributed by atoms with van der Waals surface area (Å²) in [5.74, 6) is -2.22. The van der Waals surface area contributed by atoms with Gasteiger partial charge < -0.3 is 25.3 Å². The summed E-state index contributed by atoms with van der Waals surface area (Å²) in [6, 6.07) is 5.57. The molecular formula is C18H19F3N5O5S-. The van der Waals surface area contributed by atoms with Crippen molar-refractivity contribution >= 4 is 33.4 Å². The van der Waals surface area contributed by atoms with E-state index in [1.165, 1.54) is 28.6 Å². The number of hydrogen-bond donors (Lipinski definition) is 2. The number of aliphatic carboxylic acids is 1. The second-order valence-electron chi connectivity index (χ2n) is 6.67. The van der Waals surface area contributed by atoms with Crippen LogP contribution < -0.4 is 15.7 Å². The van der Waals surface area contributed by atoms with Gasteiger partial charge in [-0.25, -0.2) is 13.4 Å². The number of halogens is 3. The first-order valence-electron chi connectivity index (χ1n) is 9.40. The highest BCUT2D eigenvalue weighted by Crippen LogP contribution is 2.34. The Bertz CT molecular complexity index is 1060. The highest BCUT2D eigenvalue weighted by Gasteiger charge is 2.35. The topological polar surface area (TPSA) is 137 Å². The third-order valence-corrected chi connectivity index (χ3v) is 6.35. The van der Waals surface area contributed by atoms with Gasteiger partial charge in [0.1, 0.15) is 11.4 Å². The summed E-state index contributed by atoms with van der Waals surface area (Å²) in [4.78, 5) is 18.0. The van der Waals surface area contributed by atoms with Crippen LogP contribution >= 0.6 is 0 Å². The lowest BCUT2D eigenvalue weighted by Gasteiger charge is -2.26. The van der Waals surface area contributed by atoms with Crippen LogP contribution in [-0.4, -0.2) is 61.5 Å². The second kappa shape index (κ2) is 9.67. The number of carbonyl (C=O) groups is 1. The van der Waals surface area contributed by atoms with Crippen molar-refractivity contribution in [3.63, 3.8) is 0 Å². The van der Waals surface area contributed by atoms with Crippen LogP contribution in [-0.2, 0) is 25.7 Å². The van der Waals surface area contributed by atoms with E-state index in [9.17, 15) is 31.5 Å². The lowest BCUT2D eigenvalue weighted by atomic mass is 10.3. The highest BCUT2D eigenvalue weighted by molar-refractivity contribution is 7.89. The number of carboxylic acids is 1. The standard InChI is InChI=1S/C18H20F3N5O5S/c19-18(20,21)14-11-23-17(25-16(14)22-6-5-15(27)28)24-12-1-3-13(4-2-12)32(29,30)26-7-9-31-10-8-26/h1-4,11H,5-10H2,(H,27,28)(H2,22,23,24,25)/p-1. The van der Waals surface area contributed by atoms with E-state index < -0.39 is 40.0 Å². The normalized spacial score (nSPS) is 15.3. The predicted octanol–water partition coefficient (Wildman–Crippen LogP) is 0.812. The lowest BCUT2D eigenvalue weighted by molar-refractivity contribution is -0.305. The zero-order valence-corrected chi connectivity index (χ0v) is 17.4.